The molecule has 0 aliphatic heterocycles. The molecule has 100 valence electrons. The molecule has 1 aromatic rings. The first-order valence-corrected chi connectivity index (χ1v) is 7.97. The smallest absolute Gasteiger partial charge is 0.248 e. The minimum atomic E-state index is 0.0189. The monoisotopic (exact) mass is 266 g/mol. The summed E-state index contributed by atoms with van der Waals surface area (Å²) in [6.45, 7) is 3.31. The van der Waals surface area contributed by atoms with E-state index in [2.05, 4.69) is 23.5 Å². The molecule has 0 radical (unpaired) electrons. The van der Waals surface area contributed by atoms with Crippen LogP contribution in [0.3, 0.4) is 0 Å². The Morgan fingerprint density at radius 2 is 2.39 bits per heavy atom. The van der Waals surface area contributed by atoms with Gasteiger partial charge in [0.05, 0.1) is 0 Å². The first-order chi connectivity index (χ1) is 8.70. The summed E-state index contributed by atoms with van der Waals surface area (Å²) in [7, 11) is 0. The molecule has 0 fully saturated rings. The normalized spacial score (nSPS) is 20.4. The molecule has 1 aliphatic rings. The van der Waals surface area contributed by atoms with Gasteiger partial charge in [0, 0.05) is 23.1 Å². The Morgan fingerprint density at radius 3 is 3.17 bits per heavy atom. The molecule has 2 N–H and O–H groups in total. The van der Waals surface area contributed by atoms with Crippen LogP contribution in [0.4, 0.5) is 0 Å². The molecule has 2 rings (SSSR count). The van der Waals surface area contributed by atoms with Gasteiger partial charge in [0.15, 0.2) is 0 Å². The topological polar surface area (TPSA) is 44.9 Å². The third-order valence-corrected chi connectivity index (χ3v) is 4.72. The van der Waals surface area contributed by atoms with E-state index in [1.165, 1.54) is 18.4 Å². The molecule has 1 heterocycles. The van der Waals surface area contributed by atoms with Gasteiger partial charge in [0.25, 0.3) is 0 Å². The minimum Gasteiger partial charge on any atom is -0.326 e. The van der Waals surface area contributed by atoms with Crippen LogP contribution >= 0.6 is 11.8 Å². The molecule has 2 atom stereocenters. The number of thioether (sulfide) groups is 1. The second kappa shape index (κ2) is 6.43. The third kappa shape index (κ3) is 3.39. The maximum atomic E-state index is 11.3. The standard InChI is InChI=1S/C14H22N2OS/c1-10(18-2)8-9-15-12-4-3-5-13-11(12)6-7-14(17)16-13/h6-7,10,12,15H,3-5,8-9H2,1-2H3,(H,16,17). The number of aromatic amines is 1. The number of hydrogen-bond donors (Lipinski definition) is 2. The second-order valence-corrected chi connectivity index (χ2v) is 6.27. The molecule has 18 heavy (non-hydrogen) atoms. The van der Waals surface area contributed by atoms with Crippen LogP contribution in [0, 0.1) is 0 Å². The number of rotatable bonds is 5. The largest absolute Gasteiger partial charge is 0.326 e. The molecule has 1 aliphatic carbocycles. The van der Waals surface area contributed by atoms with Gasteiger partial charge in [-0.3, -0.25) is 4.79 Å². The van der Waals surface area contributed by atoms with Gasteiger partial charge < -0.3 is 10.3 Å². The Bertz CT molecular complexity index is 444. The lowest BCUT2D eigenvalue weighted by Crippen LogP contribution is -2.29. The van der Waals surface area contributed by atoms with Gasteiger partial charge in [-0.15, -0.1) is 0 Å². The van der Waals surface area contributed by atoms with Crippen LogP contribution in [0.2, 0.25) is 0 Å². The maximum absolute atomic E-state index is 11.3. The highest BCUT2D eigenvalue weighted by Gasteiger charge is 2.20. The van der Waals surface area contributed by atoms with E-state index < -0.39 is 0 Å². The van der Waals surface area contributed by atoms with Crippen LogP contribution in [0.5, 0.6) is 0 Å². The van der Waals surface area contributed by atoms with Crippen LogP contribution in [0.1, 0.15) is 43.5 Å². The van der Waals surface area contributed by atoms with E-state index in [-0.39, 0.29) is 5.56 Å². The zero-order chi connectivity index (χ0) is 13.0. The number of aromatic nitrogens is 1. The van der Waals surface area contributed by atoms with Gasteiger partial charge in [0.1, 0.15) is 0 Å². The SMILES string of the molecule is CSC(C)CCNC1CCCc2[nH]c(=O)ccc21. The van der Waals surface area contributed by atoms with Gasteiger partial charge >= 0.3 is 0 Å². The predicted octanol–water partition coefficient (Wildman–Crippen LogP) is 2.48. The molecule has 2 unspecified atom stereocenters. The Balaban J connectivity index is 1.97. The average Bonchev–Trinajstić information content (AvgIpc) is 2.38. The zero-order valence-electron chi connectivity index (χ0n) is 11.2. The van der Waals surface area contributed by atoms with Crippen molar-refractivity contribution >= 4 is 11.8 Å². The number of fused-ring (bicyclic) bond motifs is 1. The number of aryl methyl sites for hydroxylation is 1. The number of H-pyrrole nitrogens is 1. The minimum absolute atomic E-state index is 0.0189. The van der Waals surface area contributed by atoms with Crippen LogP contribution in [-0.2, 0) is 6.42 Å². The summed E-state index contributed by atoms with van der Waals surface area (Å²) in [5.41, 5.74) is 2.44. The quantitative estimate of drug-likeness (QED) is 0.860. The Hall–Kier alpha value is -0.740. The third-order valence-electron chi connectivity index (χ3n) is 3.68. The van der Waals surface area contributed by atoms with Crippen LogP contribution in [0.15, 0.2) is 16.9 Å². The van der Waals surface area contributed by atoms with Crippen molar-refractivity contribution in [2.24, 2.45) is 0 Å². The van der Waals surface area contributed by atoms with Crippen molar-refractivity contribution in [1.82, 2.24) is 10.3 Å². The lowest BCUT2D eigenvalue weighted by molar-refractivity contribution is 0.450. The second-order valence-electron chi connectivity index (χ2n) is 4.99. The van der Waals surface area contributed by atoms with Gasteiger partial charge in [0.2, 0.25) is 5.56 Å². The molecule has 0 spiro atoms. The van der Waals surface area contributed by atoms with Crippen LogP contribution in [0.25, 0.3) is 0 Å². The molecule has 0 aromatic carbocycles. The first-order valence-electron chi connectivity index (χ1n) is 6.69. The average molecular weight is 266 g/mol. The summed E-state index contributed by atoms with van der Waals surface area (Å²) >= 11 is 1.91. The summed E-state index contributed by atoms with van der Waals surface area (Å²) in [5.74, 6) is 0. The highest BCUT2D eigenvalue weighted by atomic mass is 32.2. The van der Waals surface area contributed by atoms with Crippen molar-refractivity contribution in [2.45, 2.75) is 43.9 Å². The summed E-state index contributed by atoms with van der Waals surface area (Å²) in [6.07, 6.45) is 6.68. The molecule has 0 saturated heterocycles. The van der Waals surface area contributed by atoms with Crippen LogP contribution < -0.4 is 10.9 Å². The van der Waals surface area contributed by atoms with Crippen molar-refractivity contribution < 1.29 is 0 Å². The Morgan fingerprint density at radius 1 is 1.56 bits per heavy atom. The molecular formula is C14H22N2OS. The van der Waals surface area contributed by atoms with Gasteiger partial charge in [-0.2, -0.15) is 11.8 Å². The fourth-order valence-electron chi connectivity index (χ4n) is 2.49. The zero-order valence-corrected chi connectivity index (χ0v) is 12.0. The fraction of sp³-hybridized carbons (Fsp3) is 0.643. The predicted molar refractivity (Wildman–Crippen MR) is 78.3 cm³/mol. The van der Waals surface area contributed by atoms with Crippen molar-refractivity contribution in [2.75, 3.05) is 12.8 Å². The Labute approximate surface area is 113 Å². The highest BCUT2D eigenvalue weighted by Crippen LogP contribution is 2.27. The molecule has 0 saturated carbocycles. The molecule has 4 heteroatoms. The van der Waals surface area contributed by atoms with Crippen molar-refractivity contribution in [3.63, 3.8) is 0 Å². The number of pyridine rings is 1. The van der Waals surface area contributed by atoms with Gasteiger partial charge in [-0.25, -0.2) is 0 Å². The summed E-state index contributed by atoms with van der Waals surface area (Å²) in [4.78, 5) is 14.3. The first kappa shape index (κ1) is 13.7. The molecular weight excluding hydrogens is 244 g/mol. The Kier molecular flexibility index (Phi) is 4.89. The van der Waals surface area contributed by atoms with E-state index >= 15 is 0 Å². The maximum Gasteiger partial charge on any atom is 0.248 e. The van der Waals surface area contributed by atoms with Gasteiger partial charge in [-0.05, 0) is 44.0 Å². The number of nitrogens with one attached hydrogen (secondary N) is 2. The van der Waals surface area contributed by atoms with Crippen LogP contribution in [-0.4, -0.2) is 23.0 Å². The van der Waals surface area contributed by atoms with E-state index in [9.17, 15) is 4.79 Å². The summed E-state index contributed by atoms with van der Waals surface area (Å²) in [5, 5.41) is 4.33. The van der Waals surface area contributed by atoms with E-state index in [0.29, 0.717) is 11.3 Å². The van der Waals surface area contributed by atoms with E-state index in [0.717, 1.165) is 25.1 Å². The fourth-order valence-corrected chi connectivity index (χ4v) is 2.84. The molecule has 1 aromatic heterocycles. The van der Waals surface area contributed by atoms with Crippen molar-refractivity contribution in [3.8, 4) is 0 Å². The van der Waals surface area contributed by atoms with Crippen molar-refractivity contribution in [1.29, 1.82) is 0 Å². The summed E-state index contributed by atoms with van der Waals surface area (Å²) < 4.78 is 0. The van der Waals surface area contributed by atoms with E-state index in [4.69, 9.17) is 0 Å². The molecule has 0 amide bonds. The highest BCUT2D eigenvalue weighted by molar-refractivity contribution is 7.99. The van der Waals surface area contributed by atoms with E-state index in [1.807, 2.05) is 17.8 Å². The summed E-state index contributed by atoms with van der Waals surface area (Å²) in [6, 6.07) is 4.05. The lowest BCUT2D eigenvalue weighted by atomic mass is 9.91. The number of hydrogen-bond acceptors (Lipinski definition) is 3. The lowest BCUT2D eigenvalue weighted by Gasteiger charge is -2.26. The van der Waals surface area contributed by atoms with Crippen molar-refractivity contribution in [3.05, 3.63) is 33.7 Å². The molecule has 0 bridgehead atoms. The van der Waals surface area contributed by atoms with E-state index in [1.54, 1.807) is 6.07 Å². The molecule has 3 nitrogen and oxygen atoms in total. The van der Waals surface area contributed by atoms with Gasteiger partial charge in [-0.1, -0.05) is 13.0 Å².